The van der Waals surface area contributed by atoms with Gasteiger partial charge in [-0.3, -0.25) is 19.0 Å². The lowest BCUT2D eigenvalue weighted by Gasteiger charge is -2.48. The molecule has 0 saturated heterocycles. The van der Waals surface area contributed by atoms with E-state index in [1.165, 1.54) is 23.1 Å². The van der Waals surface area contributed by atoms with Gasteiger partial charge in [-0.25, -0.2) is 8.42 Å². The maximum Gasteiger partial charge on any atom is 0.264 e. The van der Waals surface area contributed by atoms with Gasteiger partial charge in [-0.05, 0) is 56.7 Å². The third kappa shape index (κ3) is 5.66. The molecule has 0 bridgehead atoms. The number of rotatable bonds is 12. The molecule has 1 aliphatic rings. The predicted octanol–water partition coefficient (Wildman–Crippen LogP) is 4.11. The third-order valence-corrected chi connectivity index (χ3v) is 9.78. The number of fused-ring (bicyclic) bond motifs is 1. The zero-order chi connectivity index (χ0) is 25.2. The fourth-order valence-corrected chi connectivity index (χ4v) is 6.45. The largest absolute Gasteiger partial charge is 0.286 e. The Bertz CT molecular complexity index is 1120. The summed E-state index contributed by atoms with van der Waals surface area (Å²) in [6.07, 6.45) is 4.45. The van der Waals surface area contributed by atoms with Crippen LogP contribution in [0.5, 0.6) is 0 Å². The predicted molar refractivity (Wildman–Crippen MR) is 127 cm³/mol. The van der Waals surface area contributed by atoms with Crippen molar-refractivity contribution in [1.29, 1.82) is 0 Å². The van der Waals surface area contributed by atoms with Gasteiger partial charge in [-0.2, -0.15) is 8.42 Å². The van der Waals surface area contributed by atoms with Crippen molar-refractivity contribution in [2.24, 2.45) is 5.41 Å². The summed E-state index contributed by atoms with van der Waals surface area (Å²) in [7, 11) is -8.18. The summed E-state index contributed by atoms with van der Waals surface area (Å²) in [6.45, 7) is 10.0. The van der Waals surface area contributed by atoms with Gasteiger partial charge in [0, 0.05) is 0 Å². The highest BCUT2D eigenvalue weighted by atomic mass is 32.2. The van der Waals surface area contributed by atoms with Crippen molar-refractivity contribution < 1.29 is 31.0 Å². The Labute approximate surface area is 197 Å². The Morgan fingerprint density at radius 2 is 1.48 bits per heavy atom. The minimum atomic E-state index is -4.27. The normalized spacial score (nSPS) is 16.7. The number of hydrogen-bond acceptors (Lipinski definition) is 6. The standard InChI is InChI=1S/C23H35NO7S2/c1-6-8-9-13-23(5,7-2)22(3,4)24-20(25)18-12-11-17(16-19(18)21(24)26)32(27,28)14-10-15-33(29,30)31/h11-12,16H,6-10,13-15H2,1-5H3,(H,29,30,31). The molecule has 1 N–H and O–H groups in total. The first-order valence-electron chi connectivity index (χ1n) is 11.3. The van der Waals surface area contributed by atoms with Crippen LogP contribution < -0.4 is 0 Å². The van der Waals surface area contributed by atoms with Gasteiger partial charge in [0.1, 0.15) is 0 Å². The van der Waals surface area contributed by atoms with Crippen LogP contribution >= 0.6 is 0 Å². The number of carbonyl (C=O) groups is 2. The highest BCUT2D eigenvalue weighted by molar-refractivity contribution is 7.91. The van der Waals surface area contributed by atoms with E-state index in [4.69, 9.17) is 4.55 Å². The van der Waals surface area contributed by atoms with Gasteiger partial charge < -0.3 is 0 Å². The highest BCUT2D eigenvalue weighted by Gasteiger charge is 2.52. The summed E-state index contributed by atoms with van der Waals surface area (Å²) in [5.41, 5.74) is -0.912. The van der Waals surface area contributed by atoms with Crippen LogP contribution in [0.2, 0.25) is 0 Å². The van der Waals surface area contributed by atoms with Crippen molar-refractivity contribution in [3.8, 4) is 0 Å². The first-order chi connectivity index (χ1) is 15.1. The molecule has 2 rings (SSSR count). The summed E-state index contributed by atoms with van der Waals surface area (Å²) in [4.78, 5) is 27.7. The lowest BCUT2D eigenvalue weighted by atomic mass is 9.67. The molecule has 8 nitrogen and oxygen atoms in total. The molecule has 1 aromatic carbocycles. The van der Waals surface area contributed by atoms with Gasteiger partial charge >= 0.3 is 0 Å². The number of carbonyl (C=O) groups excluding carboxylic acids is 2. The van der Waals surface area contributed by atoms with E-state index >= 15 is 0 Å². The van der Waals surface area contributed by atoms with Gasteiger partial charge in [-0.15, -0.1) is 0 Å². The molecule has 0 spiro atoms. The second kappa shape index (κ2) is 9.84. The summed E-state index contributed by atoms with van der Waals surface area (Å²) in [6, 6.07) is 3.82. The van der Waals surface area contributed by atoms with Crippen molar-refractivity contribution in [2.75, 3.05) is 11.5 Å². The zero-order valence-electron chi connectivity index (χ0n) is 20.0. The van der Waals surface area contributed by atoms with Crippen LogP contribution in [0.15, 0.2) is 23.1 Å². The van der Waals surface area contributed by atoms with Crippen molar-refractivity contribution in [1.82, 2.24) is 4.90 Å². The third-order valence-electron chi connectivity index (χ3n) is 7.18. The number of benzene rings is 1. The van der Waals surface area contributed by atoms with Crippen molar-refractivity contribution in [2.45, 2.75) is 83.6 Å². The fourth-order valence-electron chi connectivity index (χ4n) is 4.42. The number of unbranched alkanes of at least 4 members (excludes halogenated alkanes) is 2. The van der Waals surface area contributed by atoms with Crippen LogP contribution in [0.1, 0.15) is 93.9 Å². The Morgan fingerprint density at radius 3 is 2.03 bits per heavy atom. The lowest BCUT2D eigenvalue weighted by Crippen LogP contribution is -2.57. The van der Waals surface area contributed by atoms with Gasteiger partial charge in [0.05, 0.1) is 33.1 Å². The first kappa shape index (κ1) is 27.5. The molecule has 0 aliphatic carbocycles. The molecule has 0 saturated carbocycles. The van der Waals surface area contributed by atoms with Crippen molar-refractivity contribution in [3.63, 3.8) is 0 Å². The monoisotopic (exact) mass is 501 g/mol. The van der Waals surface area contributed by atoms with Gasteiger partial charge in [0.2, 0.25) is 0 Å². The van der Waals surface area contributed by atoms with E-state index < -0.39 is 48.8 Å². The Kier molecular flexibility index (Phi) is 8.19. The molecular weight excluding hydrogens is 466 g/mol. The smallest absolute Gasteiger partial charge is 0.264 e. The number of amides is 2. The minimum Gasteiger partial charge on any atom is -0.286 e. The number of nitrogens with zero attached hydrogens (tertiary/aromatic N) is 1. The molecule has 1 aromatic rings. The van der Waals surface area contributed by atoms with Crippen LogP contribution in [0.25, 0.3) is 0 Å². The average molecular weight is 502 g/mol. The lowest BCUT2D eigenvalue weighted by molar-refractivity contribution is 0.00534. The van der Waals surface area contributed by atoms with Gasteiger partial charge in [0.25, 0.3) is 21.9 Å². The van der Waals surface area contributed by atoms with Gasteiger partial charge in [-0.1, -0.05) is 40.0 Å². The minimum absolute atomic E-state index is 0.0379. The van der Waals surface area contributed by atoms with Crippen LogP contribution in [0.4, 0.5) is 0 Å². The molecule has 1 atom stereocenters. The van der Waals surface area contributed by atoms with Crippen LogP contribution in [0.3, 0.4) is 0 Å². The second-order valence-electron chi connectivity index (χ2n) is 9.54. The summed E-state index contributed by atoms with van der Waals surface area (Å²) in [5.74, 6) is -2.14. The SMILES string of the molecule is CCCCCC(C)(CC)C(C)(C)N1C(=O)c2ccc(S(=O)(=O)CCCS(=O)(=O)O)cc2C1=O. The first-order valence-corrected chi connectivity index (χ1v) is 14.6. The van der Waals surface area contributed by atoms with Crippen LogP contribution in [0, 0.1) is 5.41 Å². The van der Waals surface area contributed by atoms with E-state index in [1.54, 1.807) is 0 Å². The van der Waals surface area contributed by atoms with Crippen LogP contribution in [-0.2, 0) is 20.0 Å². The molecule has 0 fully saturated rings. The average Bonchev–Trinajstić information content (AvgIpc) is 2.97. The van der Waals surface area contributed by atoms with E-state index in [1.807, 2.05) is 20.8 Å². The highest BCUT2D eigenvalue weighted by Crippen LogP contribution is 2.46. The van der Waals surface area contributed by atoms with E-state index in [2.05, 4.69) is 13.8 Å². The maximum absolute atomic E-state index is 13.4. The Balaban J connectivity index is 2.36. The number of imide groups is 1. The summed E-state index contributed by atoms with van der Waals surface area (Å²) in [5, 5.41) is 0. The van der Waals surface area contributed by atoms with E-state index in [-0.39, 0.29) is 27.9 Å². The topological polar surface area (TPSA) is 126 Å². The molecule has 1 aliphatic heterocycles. The molecule has 10 heteroatoms. The second-order valence-corrected chi connectivity index (χ2v) is 13.2. The van der Waals surface area contributed by atoms with Crippen molar-refractivity contribution in [3.05, 3.63) is 29.3 Å². The van der Waals surface area contributed by atoms with Gasteiger partial charge in [0.15, 0.2) is 9.84 Å². The number of hydrogen-bond donors (Lipinski definition) is 1. The molecule has 2 amide bonds. The molecule has 1 unspecified atom stereocenters. The van der Waals surface area contributed by atoms with E-state index in [0.717, 1.165) is 32.1 Å². The molecule has 1 heterocycles. The maximum atomic E-state index is 13.4. The van der Waals surface area contributed by atoms with Crippen LogP contribution in [-0.4, -0.2) is 55.1 Å². The molecule has 0 radical (unpaired) electrons. The van der Waals surface area contributed by atoms with E-state index in [0.29, 0.717) is 0 Å². The van der Waals surface area contributed by atoms with Crippen molar-refractivity contribution >= 4 is 31.8 Å². The molecule has 0 aromatic heterocycles. The summed E-state index contributed by atoms with van der Waals surface area (Å²) < 4.78 is 55.9. The zero-order valence-corrected chi connectivity index (χ0v) is 21.7. The summed E-state index contributed by atoms with van der Waals surface area (Å²) >= 11 is 0. The Morgan fingerprint density at radius 1 is 0.879 bits per heavy atom. The van der Waals surface area contributed by atoms with E-state index in [9.17, 15) is 26.4 Å². The molecule has 186 valence electrons. The quantitative estimate of drug-likeness (QED) is 0.259. The Hall–Kier alpha value is -1.78. The fraction of sp³-hybridized carbons (Fsp3) is 0.652. The molecular formula is C23H35NO7S2. The molecule has 33 heavy (non-hydrogen) atoms. The number of sulfone groups is 1.